The Bertz CT molecular complexity index is 191. The molecule has 47 valence electrons. The monoisotopic (exact) mass is 124 g/mol. The normalized spacial score (nSPS) is 25.0. The third-order valence-electron chi connectivity index (χ3n) is 1.63. The van der Waals surface area contributed by atoms with Gasteiger partial charge in [0.1, 0.15) is 5.11 Å². The quantitative estimate of drug-likeness (QED) is 0.519. The molecular weight excluding hydrogens is 116 g/mol. The maximum Gasteiger partial charge on any atom is 0.467 e. The van der Waals surface area contributed by atoms with Crippen molar-refractivity contribution in [1.82, 2.24) is 5.28 Å². The molecule has 0 aromatic rings. The van der Waals surface area contributed by atoms with E-state index in [1.807, 2.05) is 6.92 Å². The molecule has 1 aliphatic carbocycles. The van der Waals surface area contributed by atoms with Crippen LogP contribution in [0.15, 0.2) is 16.6 Å². The van der Waals surface area contributed by atoms with Crippen LogP contribution in [0, 0.1) is 5.92 Å². The van der Waals surface area contributed by atoms with Crippen LogP contribution in [-0.2, 0) is 4.84 Å². The molecule has 1 aliphatic heterocycles. The molecule has 1 heterocycles. The van der Waals surface area contributed by atoms with Gasteiger partial charge in [-0.2, -0.15) is 0 Å². The molecule has 0 unspecified atom stereocenters. The maximum absolute atomic E-state index is 4.93. The molecule has 0 spiro atoms. The molecule has 2 rings (SSSR count). The van der Waals surface area contributed by atoms with Gasteiger partial charge in [0, 0.05) is 5.92 Å². The second-order valence-corrected chi connectivity index (χ2v) is 2.50. The molecule has 0 atom stereocenters. The summed E-state index contributed by atoms with van der Waals surface area (Å²) in [5.41, 5.74) is 0.956. The highest BCUT2D eigenvalue weighted by molar-refractivity contribution is 5.13. The highest BCUT2D eigenvalue weighted by atomic mass is 16.7. The van der Waals surface area contributed by atoms with Crippen LogP contribution in [0.5, 0.6) is 0 Å². The molecule has 0 N–H and O–H groups in total. The first-order valence-corrected chi connectivity index (χ1v) is 3.17. The highest BCUT2D eigenvalue weighted by Crippen LogP contribution is 2.39. The van der Waals surface area contributed by atoms with Gasteiger partial charge in [0.15, 0.2) is 5.70 Å². The molecule has 1 fully saturated rings. The average Bonchev–Trinajstić information content (AvgIpc) is 2.58. The lowest BCUT2D eigenvalue weighted by atomic mass is 10.3. The Morgan fingerprint density at radius 2 is 2.44 bits per heavy atom. The molecule has 0 bridgehead atoms. The molecule has 3 nitrogen and oxygen atoms in total. The molecule has 9 heavy (non-hydrogen) atoms. The van der Waals surface area contributed by atoms with E-state index >= 15 is 0 Å². The number of nitrogens with zero attached hydrogens (tertiary/aromatic N) is 2. The fourth-order valence-corrected chi connectivity index (χ4v) is 0.956. The SMILES string of the molecule is CC1=C(C2CC2)O[N+]=N1. The Kier molecular flexibility index (Phi) is 0.860. The molecule has 0 saturated heterocycles. The Morgan fingerprint density at radius 1 is 1.67 bits per heavy atom. The van der Waals surface area contributed by atoms with Crippen LogP contribution in [0.3, 0.4) is 0 Å². The van der Waals surface area contributed by atoms with Crippen LogP contribution < -0.4 is 5.28 Å². The molecule has 1 saturated carbocycles. The Hall–Kier alpha value is -0.860. The van der Waals surface area contributed by atoms with Crippen LogP contribution in [0.2, 0.25) is 0 Å². The van der Waals surface area contributed by atoms with Crippen LogP contribution in [0.25, 0.3) is 0 Å². The zero-order valence-corrected chi connectivity index (χ0v) is 5.29. The van der Waals surface area contributed by atoms with Crippen LogP contribution in [0.4, 0.5) is 0 Å². The van der Waals surface area contributed by atoms with Crippen LogP contribution >= 0.6 is 0 Å². The summed E-state index contributed by atoms with van der Waals surface area (Å²) in [5.74, 6) is 1.63. The van der Waals surface area contributed by atoms with Gasteiger partial charge < -0.3 is 0 Å². The molecule has 1 radical (unpaired) electrons. The lowest BCUT2D eigenvalue weighted by Gasteiger charge is -1.84. The van der Waals surface area contributed by atoms with Gasteiger partial charge in [-0.3, -0.25) is 0 Å². The number of rotatable bonds is 1. The van der Waals surface area contributed by atoms with Crippen molar-refractivity contribution in [1.29, 1.82) is 0 Å². The zero-order valence-electron chi connectivity index (χ0n) is 5.29. The number of hydrogen-bond donors (Lipinski definition) is 0. The molecule has 0 amide bonds. The van der Waals surface area contributed by atoms with E-state index in [2.05, 4.69) is 10.4 Å². The van der Waals surface area contributed by atoms with Crippen molar-refractivity contribution < 1.29 is 4.84 Å². The first-order chi connectivity index (χ1) is 4.38. The summed E-state index contributed by atoms with van der Waals surface area (Å²) < 4.78 is 0. The predicted molar refractivity (Wildman–Crippen MR) is 31.1 cm³/mol. The third-order valence-corrected chi connectivity index (χ3v) is 1.63. The fourth-order valence-electron chi connectivity index (χ4n) is 0.956. The van der Waals surface area contributed by atoms with Crippen molar-refractivity contribution in [3.63, 3.8) is 0 Å². The second kappa shape index (κ2) is 1.56. The zero-order chi connectivity index (χ0) is 6.27. The van der Waals surface area contributed by atoms with E-state index in [4.69, 9.17) is 4.84 Å². The van der Waals surface area contributed by atoms with E-state index in [-0.39, 0.29) is 0 Å². The van der Waals surface area contributed by atoms with Gasteiger partial charge in [-0.1, -0.05) is 0 Å². The number of hydrogen-bond acceptors (Lipinski definition) is 3. The Balaban J connectivity index is 2.19. The van der Waals surface area contributed by atoms with Crippen molar-refractivity contribution >= 4 is 0 Å². The van der Waals surface area contributed by atoms with E-state index < -0.39 is 0 Å². The lowest BCUT2D eigenvalue weighted by molar-refractivity contribution is 0.153. The second-order valence-electron chi connectivity index (χ2n) is 2.50. The van der Waals surface area contributed by atoms with E-state index in [0.717, 1.165) is 11.5 Å². The summed E-state index contributed by atoms with van der Waals surface area (Å²) in [4.78, 5) is 4.93. The summed E-state index contributed by atoms with van der Waals surface area (Å²) >= 11 is 0. The van der Waals surface area contributed by atoms with Gasteiger partial charge in [-0.15, -0.1) is 4.84 Å². The first kappa shape index (κ1) is 4.97. The molecule has 0 aromatic carbocycles. The summed E-state index contributed by atoms with van der Waals surface area (Å²) in [7, 11) is 0. The van der Waals surface area contributed by atoms with Crippen molar-refractivity contribution in [3.05, 3.63) is 11.5 Å². The van der Waals surface area contributed by atoms with Gasteiger partial charge in [-0.05, 0) is 19.8 Å². The fraction of sp³-hybridized carbons (Fsp3) is 0.667. The minimum Gasteiger partial charge on any atom is -0.147 e. The largest absolute Gasteiger partial charge is 0.467 e. The molecular formula is C6H8N2O+. The van der Waals surface area contributed by atoms with Crippen molar-refractivity contribution in [2.24, 2.45) is 11.0 Å². The Morgan fingerprint density at radius 3 is 2.89 bits per heavy atom. The summed E-state index contributed by atoms with van der Waals surface area (Å²) in [6.07, 6.45) is 2.50. The minimum atomic E-state index is 0.639. The lowest BCUT2D eigenvalue weighted by Crippen LogP contribution is -1.89. The first-order valence-electron chi connectivity index (χ1n) is 3.17. The topological polar surface area (TPSA) is 35.7 Å². The molecule has 2 aliphatic rings. The van der Waals surface area contributed by atoms with E-state index in [0.29, 0.717) is 5.92 Å². The van der Waals surface area contributed by atoms with Crippen molar-refractivity contribution in [3.8, 4) is 0 Å². The number of allylic oxidation sites excluding steroid dienone is 2. The molecule has 0 aromatic heterocycles. The maximum atomic E-state index is 4.93. The van der Waals surface area contributed by atoms with Gasteiger partial charge >= 0.3 is 5.28 Å². The van der Waals surface area contributed by atoms with Gasteiger partial charge in [-0.25, -0.2) is 0 Å². The smallest absolute Gasteiger partial charge is 0.147 e. The van der Waals surface area contributed by atoms with Crippen LogP contribution in [-0.4, -0.2) is 0 Å². The van der Waals surface area contributed by atoms with E-state index in [1.165, 1.54) is 12.8 Å². The van der Waals surface area contributed by atoms with E-state index in [9.17, 15) is 0 Å². The average molecular weight is 124 g/mol. The molecule has 3 heteroatoms. The van der Waals surface area contributed by atoms with Gasteiger partial charge in [0.25, 0.3) is 0 Å². The highest BCUT2D eigenvalue weighted by Gasteiger charge is 2.37. The van der Waals surface area contributed by atoms with Crippen molar-refractivity contribution in [2.45, 2.75) is 19.8 Å². The predicted octanol–water partition coefficient (Wildman–Crippen LogP) is 1.36. The van der Waals surface area contributed by atoms with Crippen molar-refractivity contribution in [2.75, 3.05) is 0 Å². The van der Waals surface area contributed by atoms with Gasteiger partial charge in [0.05, 0.1) is 0 Å². The van der Waals surface area contributed by atoms with Crippen LogP contribution in [0.1, 0.15) is 19.8 Å². The summed E-state index contributed by atoms with van der Waals surface area (Å²) in [5, 5.41) is 7.22. The third kappa shape index (κ3) is 0.724. The summed E-state index contributed by atoms with van der Waals surface area (Å²) in [6.45, 7) is 1.93. The summed E-state index contributed by atoms with van der Waals surface area (Å²) in [6, 6.07) is 0. The van der Waals surface area contributed by atoms with E-state index in [1.54, 1.807) is 0 Å². The standard InChI is InChI=1S/C6H8N2O/c1-4-6(5-2-3-5)9-8-7-4/h5H,2-3H2,1H3/q+1. The van der Waals surface area contributed by atoms with Gasteiger partial charge in [0.2, 0.25) is 5.76 Å². The Labute approximate surface area is 53.4 Å². The minimum absolute atomic E-state index is 0.639.